The van der Waals surface area contributed by atoms with Crippen molar-refractivity contribution in [2.75, 3.05) is 20.7 Å². The summed E-state index contributed by atoms with van der Waals surface area (Å²) in [7, 11) is 2.88. The maximum atomic E-state index is 14.1. The molecule has 18 heteroatoms. The predicted octanol–water partition coefficient (Wildman–Crippen LogP) is 0.973. The van der Waals surface area contributed by atoms with Crippen molar-refractivity contribution in [1.82, 2.24) is 26.2 Å². The number of carbonyl (C=O) groups excluding carboxylic acids is 5. The van der Waals surface area contributed by atoms with E-state index in [9.17, 15) is 43.8 Å². The van der Waals surface area contributed by atoms with E-state index in [0.717, 1.165) is 16.0 Å². The number of ether oxygens (including phenoxy) is 1. The number of rotatable bonds is 13. The zero-order valence-electron chi connectivity index (χ0n) is 34.8. The summed E-state index contributed by atoms with van der Waals surface area (Å²) in [5, 5.41) is 30.2. The van der Waals surface area contributed by atoms with Gasteiger partial charge < -0.3 is 52.6 Å². The second-order valence-electron chi connectivity index (χ2n) is 14.6. The van der Waals surface area contributed by atoms with Crippen LogP contribution in [0.4, 0.5) is 0 Å². The SMILES string of the molecule is C/C=C1/C(=O)N[C@@H](C(=O)O)[C@@H](C)C(=O)N[C@H](CCCN=C(N)N)C(=O)N[C@H](/C=C/C(C)=C/[C@H](C)[C@H](Cc2ccccc2)OC)[C@H](C)C(=O)N[C@@H](C(=O)O)CCC(=O)N1C. The molecule has 0 bridgehead atoms. The second-order valence-corrected chi connectivity index (χ2v) is 14.6. The first kappa shape index (κ1) is 49.1. The molecule has 8 atom stereocenters. The summed E-state index contributed by atoms with van der Waals surface area (Å²) >= 11 is 0. The Hall–Kier alpha value is -6.04. The number of aliphatic imine (C=N–C) groups is 1. The molecule has 1 aromatic carbocycles. The largest absolute Gasteiger partial charge is 0.480 e. The minimum absolute atomic E-state index is 0.0326. The number of nitrogens with two attached hydrogens (primary N) is 2. The van der Waals surface area contributed by atoms with Crippen molar-refractivity contribution >= 4 is 47.4 Å². The van der Waals surface area contributed by atoms with E-state index in [1.54, 1.807) is 19.3 Å². The van der Waals surface area contributed by atoms with Crippen LogP contribution in [0, 0.1) is 17.8 Å². The number of carboxylic acid groups (broad SMARTS) is 2. The number of nitrogens with zero attached hydrogens (tertiary/aromatic N) is 2. The predicted molar refractivity (Wildman–Crippen MR) is 220 cm³/mol. The number of benzene rings is 1. The minimum atomic E-state index is -1.80. The van der Waals surface area contributed by atoms with Crippen LogP contribution in [0.2, 0.25) is 0 Å². The van der Waals surface area contributed by atoms with Gasteiger partial charge in [0, 0.05) is 33.0 Å². The van der Waals surface area contributed by atoms with Crippen LogP contribution in [-0.2, 0) is 44.7 Å². The zero-order valence-corrected chi connectivity index (χ0v) is 34.8. The third kappa shape index (κ3) is 15.7. The third-order valence-corrected chi connectivity index (χ3v) is 10.1. The number of nitrogens with one attached hydrogen (secondary N) is 4. The topological polar surface area (TPSA) is 285 Å². The van der Waals surface area contributed by atoms with E-state index in [1.807, 2.05) is 50.3 Å². The second kappa shape index (κ2) is 24.0. The number of likely N-dealkylation sites (N-methyl/N-ethyl adjacent to an activating group) is 1. The first-order valence-corrected chi connectivity index (χ1v) is 19.4. The number of aliphatic carboxylic acids is 2. The van der Waals surface area contributed by atoms with Gasteiger partial charge in [-0.1, -0.05) is 81.0 Å². The highest BCUT2D eigenvalue weighted by atomic mass is 16.5. The molecule has 1 aromatic rings. The maximum Gasteiger partial charge on any atom is 0.327 e. The molecule has 1 saturated heterocycles. The summed E-state index contributed by atoms with van der Waals surface area (Å²) < 4.78 is 5.79. The number of methoxy groups -OCH3 is 1. The van der Waals surface area contributed by atoms with Crippen LogP contribution in [-0.4, -0.2) is 114 Å². The Morgan fingerprint density at radius 1 is 0.966 bits per heavy atom. The van der Waals surface area contributed by atoms with Crippen LogP contribution in [0.5, 0.6) is 0 Å². The van der Waals surface area contributed by atoms with Gasteiger partial charge >= 0.3 is 11.9 Å². The van der Waals surface area contributed by atoms with Crippen LogP contribution in [0.25, 0.3) is 0 Å². The molecule has 5 amide bonds. The minimum Gasteiger partial charge on any atom is -0.480 e. The van der Waals surface area contributed by atoms with Crippen molar-refractivity contribution < 1.29 is 48.5 Å². The van der Waals surface area contributed by atoms with Crippen molar-refractivity contribution in [2.24, 2.45) is 34.2 Å². The Morgan fingerprint density at radius 2 is 1.61 bits per heavy atom. The molecule has 1 aliphatic heterocycles. The number of carbonyl (C=O) groups is 7. The van der Waals surface area contributed by atoms with Gasteiger partial charge in [-0.05, 0) is 45.1 Å². The van der Waals surface area contributed by atoms with Crippen LogP contribution >= 0.6 is 0 Å². The lowest BCUT2D eigenvalue weighted by molar-refractivity contribution is -0.146. The summed E-state index contributed by atoms with van der Waals surface area (Å²) in [6.45, 7) is 8.07. The summed E-state index contributed by atoms with van der Waals surface area (Å²) in [4.78, 5) is 97.5. The molecule has 1 fully saturated rings. The summed E-state index contributed by atoms with van der Waals surface area (Å²) in [6, 6.07) is 4.12. The molecule has 1 aliphatic rings. The lowest BCUT2D eigenvalue weighted by Gasteiger charge is -2.28. The van der Waals surface area contributed by atoms with Gasteiger partial charge in [-0.15, -0.1) is 0 Å². The first-order valence-electron chi connectivity index (χ1n) is 19.4. The number of hydrogen-bond donors (Lipinski definition) is 8. The van der Waals surface area contributed by atoms with E-state index in [-0.39, 0.29) is 49.5 Å². The molecule has 0 saturated carbocycles. The molecule has 0 aromatic heterocycles. The molecule has 0 radical (unpaired) electrons. The molecule has 0 unspecified atom stereocenters. The van der Waals surface area contributed by atoms with Gasteiger partial charge in [-0.3, -0.25) is 29.0 Å². The Morgan fingerprint density at radius 3 is 2.19 bits per heavy atom. The fourth-order valence-corrected chi connectivity index (χ4v) is 6.38. The molecule has 324 valence electrons. The average Bonchev–Trinajstić information content (AvgIpc) is 3.19. The van der Waals surface area contributed by atoms with E-state index >= 15 is 0 Å². The Balaban J connectivity index is 2.63. The molecule has 1 heterocycles. The van der Waals surface area contributed by atoms with E-state index in [2.05, 4.69) is 26.3 Å². The molecule has 0 spiro atoms. The smallest absolute Gasteiger partial charge is 0.327 e. The number of hydrogen-bond acceptors (Lipinski definition) is 9. The molecule has 59 heavy (non-hydrogen) atoms. The Labute approximate surface area is 344 Å². The fourth-order valence-electron chi connectivity index (χ4n) is 6.38. The molecular formula is C41H60N8O10. The molecule has 0 aliphatic carbocycles. The van der Waals surface area contributed by atoms with Gasteiger partial charge in [-0.25, -0.2) is 9.59 Å². The molecule has 18 nitrogen and oxygen atoms in total. The number of carboxylic acids is 2. The highest BCUT2D eigenvalue weighted by molar-refractivity contribution is 6.00. The number of guanidine groups is 1. The zero-order chi connectivity index (χ0) is 44.4. The number of allylic oxidation sites excluding steroid dienone is 3. The Bertz CT molecular complexity index is 1780. The lowest BCUT2D eigenvalue weighted by Crippen LogP contribution is -2.56. The highest BCUT2D eigenvalue weighted by Gasteiger charge is 2.36. The van der Waals surface area contributed by atoms with E-state index in [4.69, 9.17) is 16.2 Å². The molecular weight excluding hydrogens is 764 g/mol. The maximum absolute atomic E-state index is 14.1. The summed E-state index contributed by atoms with van der Waals surface area (Å²) in [5.41, 5.74) is 12.5. The van der Waals surface area contributed by atoms with Crippen LogP contribution < -0.4 is 32.7 Å². The fraction of sp³-hybridized carbons (Fsp3) is 0.512. The van der Waals surface area contributed by atoms with Crippen molar-refractivity contribution in [2.45, 2.75) is 97.0 Å². The van der Waals surface area contributed by atoms with Crippen molar-refractivity contribution in [3.63, 3.8) is 0 Å². The monoisotopic (exact) mass is 824 g/mol. The highest BCUT2D eigenvalue weighted by Crippen LogP contribution is 2.19. The van der Waals surface area contributed by atoms with E-state index in [0.29, 0.717) is 6.42 Å². The van der Waals surface area contributed by atoms with Gasteiger partial charge in [0.25, 0.3) is 5.91 Å². The normalized spacial score (nSPS) is 25.1. The molecule has 2 rings (SSSR count). The lowest BCUT2D eigenvalue weighted by atomic mass is 9.94. The average molecular weight is 825 g/mol. The van der Waals surface area contributed by atoms with E-state index in [1.165, 1.54) is 33.9 Å². The quantitative estimate of drug-likeness (QED) is 0.0454. The van der Waals surface area contributed by atoms with E-state index < -0.39 is 83.9 Å². The van der Waals surface area contributed by atoms with Crippen LogP contribution in [0.15, 0.2) is 70.9 Å². The van der Waals surface area contributed by atoms with Gasteiger partial charge in [0.05, 0.1) is 24.0 Å². The van der Waals surface area contributed by atoms with Crippen molar-refractivity contribution in [3.8, 4) is 0 Å². The van der Waals surface area contributed by atoms with Crippen molar-refractivity contribution in [3.05, 3.63) is 71.5 Å². The van der Waals surface area contributed by atoms with Crippen molar-refractivity contribution in [1.29, 1.82) is 0 Å². The number of amides is 5. The van der Waals surface area contributed by atoms with Crippen LogP contribution in [0.3, 0.4) is 0 Å². The van der Waals surface area contributed by atoms with Crippen LogP contribution in [0.1, 0.15) is 65.9 Å². The molecule has 10 N–H and O–H groups in total. The third-order valence-electron chi connectivity index (χ3n) is 10.1. The first-order chi connectivity index (χ1) is 27.8. The van der Waals surface area contributed by atoms with Gasteiger partial charge in [0.2, 0.25) is 23.6 Å². The summed E-state index contributed by atoms with van der Waals surface area (Å²) in [6.07, 6.45) is 6.35. The van der Waals surface area contributed by atoms with Gasteiger partial charge in [0.15, 0.2) is 5.96 Å². The standard InChI is InChI=1S/C41H60N8O10/c1-8-31-38(54)48-34(40(57)58)26(5)36(52)46-29(15-12-20-44-41(42)43)37(53)45-28(25(4)35(51)47-30(39(55)56)18-19-33(50)49(31)6)17-16-23(2)21-24(3)32(59-7)22-27-13-10-9-11-14-27/h8-11,13-14,16-17,21,24-26,28-30,32,34H,12,15,18-20,22H2,1-7H3,(H,45,53)(H,46,52)(H,47,51)(H,48,54)(H,55,56)(H,57,58)(H4,42,43,44)/b17-16+,23-21+,31-8-/t24-,25-,26+,28+,29+,30+,32-,34+/m0/s1. The Kier molecular flexibility index (Phi) is 20.0. The van der Waals surface area contributed by atoms with Gasteiger partial charge in [-0.2, -0.15) is 0 Å². The van der Waals surface area contributed by atoms with Gasteiger partial charge in [0.1, 0.15) is 23.8 Å². The summed E-state index contributed by atoms with van der Waals surface area (Å²) in [5.74, 6) is -9.91.